The van der Waals surface area contributed by atoms with Crippen LogP contribution in [0.25, 0.3) is 0 Å². The van der Waals surface area contributed by atoms with Crippen molar-refractivity contribution in [3.05, 3.63) is 0 Å². The molecule has 2 aliphatic heterocycles. The molecule has 0 aliphatic carbocycles. The lowest BCUT2D eigenvalue weighted by molar-refractivity contribution is -0.127. The normalized spacial score (nSPS) is 22.5. The zero-order chi connectivity index (χ0) is 17.5. The van der Waals surface area contributed by atoms with Gasteiger partial charge >= 0.3 is 0 Å². The minimum atomic E-state index is 0.0478. The zero-order valence-electron chi connectivity index (χ0n) is 15.9. The molecule has 1 unspecified atom stereocenters. The Hall–Kier alpha value is -1.30. The number of carbonyl (C=O) groups is 1. The van der Waals surface area contributed by atoms with Gasteiger partial charge in [0.25, 0.3) is 0 Å². The molecule has 2 fully saturated rings. The lowest BCUT2D eigenvalue weighted by Gasteiger charge is -2.24. The van der Waals surface area contributed by atoms with Crippen LogP contribution >= 0.6 is 0 Å². The van der Waals surface area contributed by atoms with Crippen LogP contribution < -0.4 is 5.32 Å². The number of nitrogens with zero attached hydrogens (tertiary/aromatic N) is 4. The van der Waals surface area contributed by atoms with E-state index in [-0.39, 0.29) is 12.5 Å². The fraction of sp³-hybridized carbons (Fsp3) is 0.889. The molecule has 6 heteroatoms. The predicted molar refractivity (Wildman–Crippen MR) is 99.2 cm³/mol. The van der Waals surface area contributed by atoms with E-state index < -0.39 is 0 Å². The molecule has 2 aliphatic rings. The fourth-order valence-electron chi connectivity index (χ4n) is 3.35. The van der Waals surface area contributed by atoms with Gasteiger partial charge in [0.2, 0.25) is 5.91 Å². The summed E-state index contributed by atoms with van der Waals surface area (Å²) in [6, 6.07) is 0. The predicted octanol–water partition coefficient (Wildman–Crippen LogP) is 1.09. The Labute approximate surface area is 147 Å². The Morgan fingerprint density at radius 1 is 1.25 bits per heavy atom. The number of likely N-dealkylation sites (N-methyl/N-ethyl adjacent to an activating group) is 1. The van der Waals surface area contributed by atoms with Crippen LogP contribution in [-0.2, 0) is 4.79 Å². The first-order valence-electron chi connectivity index (χ1n) is 9.41. The highest BCUT2D eigenvalue weighted by molar-refractivity contribution is 5.85. The van der Waals surface area contributed by atoms with Gasteiger partial charge in [-0.05, 0) is 44.2 Å². The summed E-state index contributed by atoms with van der Waals surface area (Å²) < 4.78 is 0. The summed E-state index contributed by atoms with van der Waals surface area (Å²) in [5.41, 5.74) is 0. The topological polar surface area (TPSA) is 51.2 Å². The van der Waals surface area contributed by atoms with Crippen molar-refractivity contribution in [1.82, 2.24) is 20.0 Å². The van der Waals surface area contributed by atoms with E-state index in [0.29, 0.717) is 5.92 Å². The molecule has 0 bridgehead atoms. The van der Waals surface area contributed by atoms with Gasteiger partial charge in [-0.1, -0.05) is 13.8 Å². The molecule has 6 nitrogen and oxygen atoms in total. The third-order valence-corrected chi connectivity index (χ3v) is 4.83. The Kier molecular flexibility index (Phi) is 7.34. The van der Waals surface area contributed by atoms with Crippen LogP contribution in [0.4, 0.5) is 0 Å². The first-order valence-corrected chi connectivity index (χ1v) is 9.41. The van der Waals surface area contributed by atoms with Crippen LogP contribution in [0, 0.1) is 11.8 Å². The van der Waals surface area contributed by atoms with Crippen molar-refractivity contribution in [1.29, 1.82) is 0 Å². The SMILES string of the molecule is CC(C)CNC(=NCC(=O)N(C)C)N1CCC(CN2CCCC2)C1. The molecule has 0 aromatic heterocycles. The van der Waals surface area contributed by atoms with Crippen LogP contribution in [0.2, 0.25) is 0 Å². The molecule has 2 heterocycles. The summed E-state index contributed by atoms with van der Waals surface area (Å²) in [4.78, 5) is 23.0. The van der Waals surface area contributed by atoms with Crippen molar-refractivity contribution in [2.24, 2.45) is 16.8 Å². The van der Waals surface area contributed by atoms with Crippen molar-refractivity contribution < 1.29 is 4.79 Å². The minimum absolute atomic E-state index is 0.0478. The van der Waals surface area contributed by atoms with Gasteiger partial charge in [0.15, 0.2) is 5.96 Å². The van der Waals surface area contributed by atoms with Crippen LogP contribution in [-0.4, -0.2) is 86.5 Å². The molecule has 0 spiro atoms. The number of carbonyl (C=O) groups excluding carboxylic acids is 1. The van der Waals surface area contributed by atoms with Crippen molar-refractivity contribution in [3.63, 3.8) is 0 Å². The molecule has 1 atom stereocenters. The third kappa shape index (κ3) is 5.96. The number of aliphatic imine (C=N–C) groups is 1. The van der Waals surface area contributed by atoms with Gasteiger partial charge in [0.05, 0.1) is 0 Å². The molecule has 138 valence electrons. The number of rotatable bonds is 6. The standard InChI is InChI=1S/C18H35N5O/c1-15(2)11-19-18(20-12-17(24)21(3)4)23-10-7-16(14-23)13-22-8-5-6-9-22/h15-16H,5-14H2,1-4H3,(H,19,20). The second kappa shape index (κ2) is 9.25. The van der Waals surface area contributed by atoms with E-state index >= 15 is 0 Å². The highest BCUT2D eigenvalue weighted by Crippen LogP contribution is 2.20. The summed E-state index contributed by atoms with van der Waals surface area (Å²) >= 11 is 0. The largest absolute Gasteiger partial charge is 0.356 e. The van der Waals surface area contributed by atoms with Crippen LogP contribution in [0.15, 0.2) is 4.99 Å². The number of nitrogens with one attached hydrogen (secondary N) is 1. The maximum absolute atomic E-state index is 11.9. The van der Waals surface area contributed by atoms with E-state index in [1.165, 1.54) is 38.9 Å². The first kappa shape index (κ1) is 19.0. The van der Waals surface area contributed by atoms with E-state index in [2.05, 4.69) is 34.0 Å². The molecule has 0 aromatic carbocycles. The number of amides is 1. The molecule has 1 amide bonds. The second-order valence-electron chi connectivity index (χ2n) is 7.81. The highest BCUT2D eigenvalue weighted by Gasteiger charge is 2.27. The lowest BCUT2D eigenvalue weighted by atomic mass is 10.1. The fourth-order valence-corrected chi connectivity index (χ4v) is 3.35. The molecule has 24 heavy (non-hydrogen) atoms. The average molecular weight is 338 g/mol. The third-order valence-electron chi connectivity index (χ3n) is 4.83. The molecular formula is C18H35N5O. The number of hydrogen-bond donors (Lipinski definition) is 1. The summed E-state index contributed by atoms with van der Waals surface area (Å²) in [5, 5.41) is 3.46. The number of likely N-dealkylation sites (tertiary alicyclic amines) is 2. The Morgan fingerprint density at radius 3 is 2.58 bits per heavy atom. The van der Waals surface area contributed by atoms with Gasteiger partial charge in [0.1, 0.15) is 6.54 Å². The van der Waals surface area contributed by atoms with E-state index in [1.807, 2.05) is 0 Å². The van der Waals surface area contributed by atoms with Crippen molar-refractivity contribution in [2.45, 2.75) is 33.1 Å². The van der Waals surface area contributed by atoms with Gasteiger partial charge in [-0.15, -0.1) is 0 Å². The van der Waals surface area contributed by atoms with Gasteiger partial charge < -0.3 is 20.0 Å². The summed E-state index contributed by atoms with van der Waals surface area (Å²) in [7, 11) is 3.56. The second-order valence-corrected chi connectivity index (χ2v) is 7.81. The van der Waals surface area contributed by atoms with Crippen molar-refractivity contribution >= 4 is 11.9 Å². The van der Waals surface area contributed by atoms with Gasteiger partial charge in [-0.2, -0.15) is 0 Å². The summed E-state index contributed by atoms with van der Waals surface area (Å²) in [6.07, 6.45) is 3.93. The zero-order valence-corrected chi connectivity index (χ0v) is 15.9. The lowest BCUT2D eigenvalue weighted by Crippen LogP contribution is -2.42. The number of guanidine groups is 1. The molecular weight excluding hydrogens is 302 g/mol. The quantitative estimate of drug-likeness (QED) is 0.582. The van der Waals surface area contributed by atoms with E-state index in [4.69, 9.17) is 0 Å². The molecule has 0 radical (unpaired) electrons. The van der Waals surface area contributed by atoms with Crippen LogP contribution in [0.1, 0.15) is 33.1 Å². The van der Waals surface area contributed by atoms with Crippen LogP contribution in [0.3, 0.4) is 0 Å². The monoisotopic (exact) mass is 337 g/mol. The van der Waals surface area contributed by atoms with Crippen LogP contribution in [0.5, 0.6) is 0 Å². The first-order chi connectivity index (χ1) is 11.5. The summed E-state index contributed by atoms with van der Waals surface area (Å²) in [5.74, 6) is 2.23. The minimum Gasteiger partial charge on any atom is -0.356 e. The smallest absolute Gasteiger partial charge is 0.243 e. The summed E-state index contributed by atoms with van der Waals surface area (Å²) in [6.45, 7) is 11.3. The van der Waals surface area contributed by atoms with Crippen molar-refractivity contribution in [2.75, 3.05) is 59.9 Å². The molecule has 1 N–H and O–H groups in total. The Bertz CT molecular complexity index is 429. The van der Waals surface area contributed by atoms with Crippen molar-refractivity contribution in [3.8, 4) is 0 Å². The number of hydrogen-bond acceptors (Lipinski definition) is 3. The molecule has 0 aromatic rings. The van der Waals surface area contributed by atoms with E-state index in [9.17, 15) is 4.79 Å². The van der Waals surface area contributed by atoms with Gasteiger partial charge in [-0.25, -0.2) is 4.99 Å². The highest BCUT2D eigenvalue weighted by atomic mass is 16.2. The maximum Gasteiger partial charge on any atom is 0.243 e. The van der Waals surface area contributed by atoms with Gasteiger partial charge in [0, 0.05) is 40.3 Å². The van der Waals surface area contributed by atoms with E-state index in [1.54, 1.807) is 19.0 Å². The average Bonchev–Trinajstić information content (AvgIpc) is 3.19. The molecule has 2 saturated heterocycles. The maximum atomic E-state index is 11.9. The van der Waals surface area contributed by atoms with E-state index in [0.717, 1.165) is 31.5 Å². The van der Waals surface area contributed by atoms with Gasteiger partial charge in [-0.3, -0.25) is 4.79 Å². The molecule has 0 saturated carbocycles. The molecule has 2 rings (SSSR count). The Balaban J connectivity index is 1.90. The Morgan fingerprint density at radius 2 is 1.96 bits per heavy atom.